The van der Waals surface area contributed by atoms with Crippen LogP contribution in [0, 0.1) is 6.92 Å². The molecule has 0 bridgehead atoms. The SMILES string of the molecule is Cc1ccccc1NC(=O)c1cncc(N2c3ccccc3CC2C)c1. The van der Waals surface area contributed by atoms with Crippen LogP contribution in [0.25, 0.3) is 0 Å². The van der Waals surface area contributed by atoms with E-state index in [0.717, 1.165) is 23.4 Å². The molecule has 4 nitrogen and oxygen atoms in total. The lowest BCUT2D eigenvalue weighted by Crippen LogP contribution is -2.24. The molecule has 2 heterocycles. The fourth-order valence-corrected chi connectivity index (χ4v) is 3.55. The van der Waals surface area contributed by atoms with E-state index in [9.17, 15) is 4.79 Å². The van der Waals surface area contributed by atoms with E-state index < -0.39 is 0 Å². The molecule has 4 rings (SSSR count). The molecule has 2 aromatic carbocycles. The fourth-order valence-electron chi connectivity index (χ4n) is 3.55. The molecule has 0 spiro atoms. The number of nitrogens with zero attached hydrogens (tertiary/aromatic N) is 2. The van der Waals surface area contributed by atoms with Gasteiger partial charge in [-0.2, -0.15) is 0 Å². The summed E-state index contributed by atoms with van der Waals surface area (Å²) < 4.78 is 0. The number of hydrogen-bond donors (Lipinski definition) is 1. The largest absolute Gasteiger partial charge is 0.337 e. The summed E-state index contributed by atoms with van der Waals surface area (Å²) in [5, 5.41) is 2.98. The first-order valence-electron chi connectivity index (χ1n) is 8.82. The third-order valence-corrected chi connectivity index (χ3v) is 4.86. The van der Waals surface area contributed by atoms with Crippen molar-refractivity contribution in [3.05, 3.63) is 83.7 Å². The van der Waals surface area contributed by atoms with Gasteiger partial charge in [0.2, 0.25) is 0 Å². The van der Waals surface area contributed by atoms with E-state index in [1.807, 2.05) is 49.5 Å². The third-order valence-electron chi connectivity index (χ3n) is 4.86. The van der Waals surface area contributed by atoms with Gasteiger partial charge in [0.25, 0.3) is 5.91 Å². The van der Waals surface area contributed by atoms with Crippen LogP contribution >= 0.6 is 0 Å². The molecular formula is C22H21N3O. The van der Waals surface area contributed by atoms with Crippen LogP contribution in [0.2, 0.25) is 0 Å². The summed E-state index contributed by atoms with van der Waals surface area (Å²) >= 11 is 0. The molecule has 1 aliphatic heterocycles. The summed E-state index contributed by atoms with van der Waals surface area (Å²) in [5.74, 6) is -0.145. The van der Waals surface area contributed by atoms with Crippen LogP contribution in [0.3, 0.4) is 0 Å². The van der Waals surface area contributed by atoms with Crippen LogP contribution < -0.4 is 10.2 Å². The summed E-state index contributed by atoms with van der Waals surface area (Å²) in [7, 11) is 0. The minimum Gasteiger partial charge on any atom is -0.337 e. The van der Waals surface area contributed by atoms with Gasteiger partial charge in [0.05, 0.1) is 17.4 Å². The van der Waals surface area contributed by atoms with Gasteiger partial charge in [0, 0.05) is 23.6 Å². The number of benzene rings is 2. The molecule has 0 saturated carbocycles. The third kappa shape index (κ3) is 2.94. The number of carbonyl (C=O) groups is 1. The van der Waals surface area contributed by atoms with E-state index >= 15 is 0 Å². The molecule has 26 heavy (non-hydrogen) atoms. The smallest absolute Gasteiger partial charge is 0.257 e. The summed E-state index contributed by atoms with van der Waals surface area (Å²) in [4.78, 5) is 19.3. The monoisotopic (exact) mass is 343 g/mol. The highest BCUT2D eigenvalue weighted by Crippen LogP contribution is 2.37. The number of aromatic nitrogens is 1. The summed E-state index contributed by atoms with van der Waals surface area (Å²) in [5.41, 5.74) is 5.88. The Morgan fingerprint density at radius 3 is 2.73 bits per heavy atom. The molecular weight excluding hydrogens is 322 g/mol. The normalized spacial score (nSPS) is 15.6. The van der Waals surface area contributed by atoms with E-state index in [2.05, 4.69) is 40.3 Å². The second-order valence-corrected chi connectivity index (χ2v) is 6.75. The highest BCUT2D eigenvalue weighted by molar-refractivity contribution is 6.05. The maximum atomic E-state index is 12.7. The Morgan fingerprint density at radius 2 is 1.88 bits per heavy atom. The van der Waals surface area contributed by atoms with Crippen LogP contribution in [0.1, 0.15) is 28.4 Å². The molecule has 1 unspecified atom stereocenters. The molecule has 1 amide bonds. The number of nitrogens with one attached hydrogen (secondary N) is 1. The molecule has 4 heteroatoms. The Morgan fingerprint density at radius 1 is 1.12 bits per heavy atom. The quantitative estimate of drug-likeness (QED) is 0.748. The van der Waals surface area contributed by atoms with Crippen molar-refractivity contribution in [2.24, 2.45) is 0 Å². The lowest BCUT2D eigenvalue weighted by molar-refractivity contribution is 0.102. The van der Waals surface area contributed by atoms with Crippen molar-refractivity contribution in [3.63, 3.8) is 0 Å². The molecule has 1 N–H and O–H groups in total. The first kappa shape index (κ1) is 16.3. The number of fused-ring (bicyclic) bond motifs is 1. The van der Waals surface area contributed by atoms with Crippen molar-refractivity contribution in [2.75, 3.05) is 10.2 Å². The van der Waals surface area contributed by atoms with E-state index in [0.29, 0.717) is 11.6 Å². The molecule has 0 aliphatic carbocycles. The van der Waals surface area contributed by atoms with Crippen LogP contribution in [0.15, 0.2) is 67.0 Å². The first-order valence-corrected chi connectivity index (χ1v) is 8.82. The number of carbonyl (C=O) groups excluding carboxylic acids is 1. The lowest BCUT2D eigenvalue weighted by Gasteiger charge is -2.25. The number of anilines is 3. The second kappa shape index (κ2) is 6.64. The molecule has 1 atom stereocenters. The zero-order valence-electron chi connectivity index (χ0n) is 14.9. The van der Waals surface area contributed by atoms with Crippen LogP contribution in [0.5, 0.6) is 0 Å². The minimum atomic E-state index is -0.145. The average molecular weight is 343 g/mol. The van der Waals surface area contributed by atoms with Gasteiger partial charge in [-0.05, 0) is 49.6 Å². The van der Waals surface area contributed by atoms with E-state index in [-0.39, 0.29) is 5.91 Å². The topological polar surface area (TPSA) is 45.2 Å². The Kier molecular flexibility index (Phi) is 4.17. The van der Waals surface area contributed by atoms with Gasteiger partial charge < -0.3 is 10.2 Å². The van der Waals surface area contributed by atoms with E-state index in [4.69, 9.17) is 0 Å². The fraction of sp³-hybridized carbons (Fsp3) is 0.182. The Labute approximate surface area is 153 Å². The summed E-state index contributed by atoms with van der Waals surface area (Å²) in [6, 6.07) is 18.4. The van der Waals surface area contributed by atoms with Crippen molar-refractivity contribution in [3.8, 4) is 0 Å². The van der Waals surface area contributed by atoms with Crippen LogP contribution in [0.4, 0.5) is 17.1 Å². The van der Waals surface area contributed by atoms with Crippen LogP contribution in [-0.2, 0) is 6.42 Å². The number of hydrogen-bond acceptors (Lipinski definition) is 3. The first-order chi connectivity index (χ1) is 12.6. The predicted octanol–water partition coefficient (Wildman–Crippen LogP) is 4.73. The Balaban J connectivity index is 1.63. The molecule has 1 aliphatic rings. The molecule has 1 aromatic heterocycles. The van der Waals surface area contributed by atoms with Gasteiger partial charge in [0.1, 0.15) is 0 Å². The van der Waals surface area contributed by atoms with Gasteiger partial charge in [-0.15, -0.1) is 0 Å². The van der Waals surface area contributed by atoms with Gasteiger partial charge in [-0.25, -0.2) is 0 Å². The van der Waals surface area contributed by atoms with Crippen molar-refractivity contribution >= 4 is 23.0 Å². The molecule has 3 aromatic rings. The Hall–Kier alpha value is -3.14. The highest BCUT2D eigenvalue weighted by atomic mass is 16.1. The number of pyridine rings is 1. The summed E-state index contributed by atoms with van der Waals surface area (Å²) in [6.45, 7) is 4.17. The number of rotatable bonds is 3. The maximum Gasteiger partial charge on any atom is 0.257 e. The van der Waals surface area contributed by atoms with Gasteiger partial charge >= 0.3 is 0 Å². The minimum absolute atomic E-state index is 0.145. The zero-order chi connectivity index (χ0) is 18.1. The van der Waals surface area contributed by atoms with E-state index in [1.165, 1.54) is 11.3 Å². The molecule has 0 saturated heterocycles. The lowest BCUT2D eigenvalue weighted by atomic mass is 10.1. The maximum absolute atomic E-state index is 12.7. The Bertz CT molecular complexity index is 967. The van der Waals surface area contributed by atoms with Gasteiger partial charge in [0.15, 0.2) is 0 Å². The van der Waals surface area contributed by atoms with Crippen molar-refractivity contribution in [1.29, 1.82) is 0 Å². The van der Waals surface area contributed by atoms with E-state index in [1.54, 1.807) is 6.20 Å². The number of amides is 1. The number of aryl methyl sites for hydroxylation is 1. The van der Waals surface area contributed by atoms with Crippen LogP contribution in [-0.4, -0.2) is 16.9 Å². The van der Waals surface area contributed by atoms with Gasteiger partial charge in [-0.3, -0.25) is 9.78 Å². The highest BCUT2D eigenvalue weighted by Gasteiger charge is 2.27. The standard InChI is InChI=1S/C22H21N3O/c1-15-7-3-5-9-20(15)24-22(26)18-12-19(14-23-13-18)25-16(2)11-17-8-4-6-10-21(17)25/h3-10,12-14,16H,11H2,1-2H3,(H,24,26). The predicted molar refractivity (Wildman–Crippen MR) is 105 cm³/mol. The molecule has 130 valence electrons. The van der Waals surface area contributed by atoms with Gasteiger partial charge in [-0.1, -0.05) is 36.4 Å². The van der Waals surface area contributed by atoms with Crippen molar-refractivity contribution in [2.45, 2.75) is 26.3 Å². The molecule has 0 fully saturated rings. The second-order valence-electron chi connectivity index (χ2n) is 6.75. The summed E-state index contributed by atoms with van der Waals surface area (Å²) in [6.07, 6.45) is 4.43. The average Bonchev–Trinajstić information content (AvgIpc) is 2.99. The molecule has 0 radical (unpaired) electrons. The zero-order valence-corrected chi connectivity index (χ0v) is 14.9. The number of para-hydroxylation sites is 2. The van der Waals surface area contributed by atoms with Crippen molar-refractivity contribution < 1.29 is 4.79 Å². The van der Waals surface area contributed by atoms with Crippen molar-refractivity contribution in [1.82, 2.24) is 4.98 Å².